The van der Waals surface area contributed by atoms with Gasteiger partial charge < -0.3 is 9.47 Å². The summed E-state index contributed by atoms with van der Waals surface area (Å²) in [7, 11) is 1.67. The van der Waals surface area contributed by atoms with Crippen LogP contribution in [0.1, 0.15) is 37.6 Å². The van der Waals surface area contributed by atoms with E-state index in [1.807, 2.05) is 20.8 Å². The first kappa shape index (κ1) is 13.5. The second-order valence-electron chi connectivity index (χ2n) is 4.21. The summed E-state index contributed by atoms with van der Waals surface area (Å²) in [6.45, 7) is 6.67. The van der Waals surface area contributed by atoms with Gasteiger partial charge in [-0.1, -0.05) is 6.92 Å². The van der Waals surface area contributed by atoms with E-state index in [9.17, 15) is 9.59 Å². The Balaban J connectivity index is 3.02. The first-order valence-electron chi connectivity index (χ1n) is 5.98. The zero-order valence-corrected chi connectivity index (χ0v) is 10.9. The molecule has 0 aromatic carbocycles. The SMILES string of the molecule is CCC(C)N(CC)C(=O)c1ccn(C)c(=O)c1. The van der Waals surface area contributed by atoms with Gasteiger partial charge in [0.15, 0.2) is 0 Å². The van der Waals surface area contributed by atoms with Gasteiger partial charge in [-0.2, -0.15) is 0 Å². The maximum atomic E-state index is 12.2. The van der Waals surface area contributed by atoms with Crippen LogP contribution in [0.5, 0.6) is 0 Å². The molecule has 0 spiro atoms. The molecule has 1 aromatic heterocycles. The van der Waals surface area contributed by atoms with E-state index in [4.69, 9.17) is 0 Å². The molecular weight excluding hydrogens is 216 g/mol. The van der Waals surface area contributed by atoms with Gasteiger partial charge in [-0.05, 0) is 26.3 Å². The fourth-order valence-corrected chi connectivity index (χ4v) is 1.72. The molecule has 1 heterocycles. The van der Waals surface area contributed by atoms with Crippen LogP contribution in [-0.2, 0) is 7.05 Å². The van der Waals surface area contributed by atoms with E-state index in [0.717, 1.165) is 6.42 Å². The van der Waals surface area contributed by atoms with Gasteiger partial charge in [-0.15, -0.1) is 0 Å². The largest absolute Gasteiger partial charge is 0.336 e. The summed E-state index contributed by atoms with van der Waals surface area (Å²) < 4.78 is 1.45. The molecule has 4 heteroatoms. The third-order valence-corrected chi connectivity index (χ3v) is 3.08. The standard InChI is InChI=1S/C13H20N2O2/c1-5-10(3)15(6-2)13(17)11-7-8-14(4)12(16)9-11/h7-10H,5-6H2,1-4H3. The Morgan fingerprint density at radius 2 is 2.12 bits per heavy atom. The molecule has 0 saturated carbocycles. The first-order valence-corrected chi connectivity index (χ1v) is 5.98. The quantitative estimate of drug-likeness (QED) is 0.797. The van der Waals surface area contributed by atoms with Crippen molar-refractivity contribution in [2.45, 2.75) is 33.2 Å². The highest BCUT2D eigenvalue weighted by molar-refractivity contribution is 5.94. The topological polar surface area (TPSA) is 42.3 Å². The van der Waals surface area contributed by atoms with Crippen LogP contribution in [0.3, 0.4) is 0 Å². The summed E-state index contributed by atoms with van der Waals surface area (Å²) in [6, 6.07) is 3.28. The van der Waals surface area contributed by atoms with Crippen LogP contribution in [0.15, 0.2) is 23.1 Å². The smallest absolute Gasteiger partial charge is 0.254 e. The minimum Gasteiger partial charge on any atom is -0.336 e. The third kappa shape index (κ3) is 2.96. The number of carbonyl (C=O) groups is 1. The lowest BCUT2D eigenvalue weighted by Crippen LogP contribution is -2.38. The monoisotopic (exact) mass is 236 g/mol. The maximum absolute atomic E-state index is 12.2. The average molecular weight is 236 g/mol. The van der Waals surface area contributed by atoms with Gasteiger partial charge in [0.2, 0.25) is 0 Å². The second kappa shape index (κ2) is 5.66. The van der Waals surface area contributed by atoms with Crippen molar-refractivity contribution >= 4 is 5.91 Å². The second-order valence-corrected chi connectivity index (χ2v) is 4.21. The number of rotatable bonds is 4. The maximum Gasteiger partial charge on any atom is 0.254 e. The van der Waals surface area contributed by atoms with Gasteiger partial charge in [0.1, 0.15) is 0 Å². The summed E-state index contributed by atoms with van der Waals surface area (Å²) in [5.74, 6) is -0.0699. The van der Waals surface area contributed by atoms with Crippen molar-refractivity contribution in [3.05, 3.63) is 34.2 Å². The van der Waals surface area contributed by atoms with Crippen molar-refractivity contribution in [1.29, 1.82) is 0 Å². The van der Waals surface area contributed by atoms with Gasteiger partial charge in [0.25, 0.3) is 11.5 Å². The van der Waals surface area contributed by atoms with Crippen molar-refractivity contribution in [3.63, 3.8) is 0 Å². The minimum atomic E-state index is -0.156. The number of amides is 1. The highest BCUT2D eigenvalue weighted by Crippen LogP contribution is 2.09. The lowest BCUT2D eigenvalue weighted by atomic mass is 10.1. The van der Waals surface area contributed by atoms with E-state index in [-0.39, 0.29) is 17.5 Å². The van der Waals surface area contributed by atoms with Gasteiger partial charge in [-0.25, -0.2) is 0 Å². The molecule has 1 aromatic rings. The Bertz CT molecular complexity index is 451. The molecule has 0 fully saturated rings. The fourth-order valence-electron chi connectivity index (χ4n) is 1.72. The number of hydrogen-bond donors (Lipinski definition) is 0. The lowest BCUT2D eigenvalue weighted by molar-refractivity contribution is 0.0699. The predicted octanol–water partition coefficient (Wildman–Crippen LogP) is 1.65. The fraction of sp³-hybridized carbons (Fsp3) is 0.538. The summed E-state index contributed by atoms with van der Waals surface area (Å²) in [5.41, 5.74) is 0.311. The van der Waals surface area contributed by atoms with Crippen molar-refractivity contribution in [3.8, 4) is 0 Å². The van der Waals surface area contributed by atoms with Gasteiger partial charge >= 0.3 is 0 Å². The van der Waals surface area contributed by atoms with Crippen molar-refractivity contribution < 1.29 is 4.79 Å². The average Bonchev–Trinajstić information content (AvgIpc) is 2.33. The molecule has 4 nitrogen and oxygen atoms in total. The summed E-state index contributed by atoms with van der Waals surface area (Å²) in [4.78, 5) is 25.5. The van der Waals surface area contributed by atoms with E-state index in [0.29, 0.717) is 12.1 Å². The first-order chi connectivity index (χ1) is 8.01. The normalized spacial score (nSPS) is 12.2. The Labute approximate surface area is 102 Å². The van der Waals surface area contributed by atoms with Crippen LogP contribution in [0.25, 0.3) is 0 Å². The Kier molecular flexibility index (Phi) is 4.49. The minimum absolute atomic E-state index is 0.0699. The van der Waals surface area contributed by atoms with Crippen molar-refractivity contribution in [2.24, 2.45) is 7.05 Å². The van der Waals surface area contributed by atoms with Crippen LogP contribution in [-0.4, -0.2) is 28.0 Å². The molecule has 0 saturated heterocycles. The molecule has 94 valence electrons. The summed E-state index contributed by atoms with van der Waals surface area (Å²) in [6.07, 6.45) is 2.53. The number of hydrogen-bond acceptors (Lipinski definition) is 2. The van der Waals surface area contributed by atoms with E-state index >= 15 is 0 Å². The van der Waals surface area contributed by atoms with E-state index < -0.39 is 0 Å². The third-order valence-electron chi connectivity index (χ3n) is 3.08. The number of nitrogens with zero attached hydrogens (tertiary/aromatic N) is 2. The zero-order chi connectivity index (χ0) is 13.0. The molecule has 1 amide bonds. The molecule has 17 heavy (non-hydrogen) atoms. The lowest BCUT2D eigenvalue weighted by Gasteiger charge is -2.27. The van der Waals surface area contributed by atoms with Crippen LogP contribution < -0.4 is 5.56 Å². The molecule has 1 unspecified atom stereocenters. The molecule has 0 radical (unpaired) electrons. The molecule has 0 aliphatic carbocycles. The van der Waals surface area contributed by atoms with E-state index in [1.165, 1.54) is 10.6 Å². The molecule has 0 aliphatic heterocycles. The van der Waals surface area contributed by atoms with E-state index in [1.54, 1.807) is 24.2 Å². The number of aryl methyl sites for hydroxylation is 1. The molecule has 0 bridgehead atoms. The van der Waals surface area contributed by atoms with Crippen LogP contribution in [0.2, 0.25) is 0 Å². The van der Waals surface area contributed by atoms with Crippen LogP contribution in [0.4, 0.5) is 0 Å². The van der Waals surface area contributed by atoms with Crippen LogP contribution in [0, 0.1) is 0 Å². The number of carbonyl (C=O) groups excluding carboxylic acids is 1. The predicted molar refractivity (Wildman–Crippen MR) is 68.1 cm³/mol. The Morgan fingerprint density at radius 3 is 2.59 bits per heavy atom. The van der Waals surface area contributed by atoms with Gasteiger partial charge in [0.05, 0.1) is 0 Å². The highest BCUT2D eigenvalue weighted by Gasteiger charge is 2.18. The molecule has 1 atom stereocenters. The van der Waals surface area contributed by atoms with Crippen LogP contribution >= 0.6 is 0 Å². The van der Waals surface area contributed by atoms with Gasteiger partial charge in [-0.3, -0.25) is 9.59 Å². The van der Waals surface area contributed by atoms with Crippen molar-refractivity contribution in [2.75, 3.05) is 6.54 Å². The van der Waals surface area contributed by atoms with E-state index in [2.05, 4.69) is 0 Å². The zero-order valence-electron chi connectivity index (χ0n) is 10.9. The number of pyridine rings is 1. The molecule has 1 rings (SSSR count). The summed E-state index contributed by atoms with van der Waals surface area (Å²) in [5, 5.41) is 0. The Hall–Kier alpha value is -1.58. The molecule has 0 N–H and O–H groups in total. The molecular formula is C13H20N2O2. The number of aromatic nitrogens is 1. The highest BCUT2D eigenvalue weighted by atomic mass is 16.2. The summed E-state index contributed by atoms with van der Waals surface area (Å²) >= 11 is 0. The molecule has 0 aliphatic rings. The van der Waals surface area contributed by atoms with Gasteiger partial charge in [0, 0.05) is 37.5 Å². The van der Waals surface area contributed by atoms with Crippen molar-refractivity contribution in [1.82, 2.24) is 9.47 Å². The Morgan fingerprint density at radius 1 is 1.47 bits per heavy atom.